The fourth-order valence-electron chi connectivity index (χ4n) is 2.18. The van der Waals surface area contributed by atoms with Crippen LogP contribution in [-0.4, -0.2) is 18.6 Å². The van der Waals surface area contributed by atoms with Gasteiger partial charge in [-0.15, -0.1) is 0 Å². The number of nitrogens with zero attached hydrogens (tertiary/aromatic N) is 1. The number of likely N-dealkylation sites (N-methyl/N-ethyl adjacent to an activating group) is 1. The van der Waals surface area contributed by atoms with E-state index < -0.39 is 0 Å². The number of methoxy groups -OCH3 is 1. The Bertz CT molecular complexity index is 545. The average molecular weight is 274 g/mol. The zero-order chi connectivity index (χ0) is 14.4. The zero-order valence-electron chi connectivity index (χ0n) is 11.8. The highest BCUT2D eigenvalue weighted by Crippen LogP contribution is 2.24. The smallest absolute Gasteiger partial charge is 0.131 e. The van der Waals surface area contributed by atoms with Gasteiger partial charge in [-0.25, -0.2) is 4.39 Å². The van der Waals surface area contributed by atoms with Crippen molar-refractivity contribution in [3.05, 3.63) is 59.7 Å². The molecule has 2 rings (SSSR count). The van der Waals surface area contributed by atoms with E-state index in [1.54, 1.807) is 18.3 Å². The minimum absolute atomic E-state index is 0.0965. The number of rotatable bonds is 6. The van der Waals surface area contributed by atoms with Crippen LogP contribution in [0.4, 0.5) is 4.39 Å². The van der Waals surface area contributed by atoms with Crippen LogP contribution < -0.4 is 10.1 Å². The number of nitrogens with one attached hydrogen (secondary N) is 1. The van der Waals surface area contributed by atoms with Crippen molar-refractivity contribution in [1.29, 1.82) is 0 Å². The minimum atomic E-state index is -0.258. The van der Waals surface area contributed by atoms with Crippen molar-refractivity contribution in [3.8, 4) is 5.75 Å². The quantitative estimate of drug-likeness (QED) is 0.878. The van der Waals surface area contributed by atoms with Gasteiger partial charge in [-0.1, -0.05) is 19.1 Å². The lowest BCUT2D eigenvalue weighted by Crippen LogP contribution is -2.24. The van der Waals surface area contributed by atoms with Gasteiger partial charge in [0.05, 0.1) is 7.11 Å². The molecule has 4 heteroatoms. The molecule has 0 saturated heterocycles. The number of aromatic nitrogens is 1. The number of hydrogen-bond acceptors (Lipinski definition) is 3. The minimum Gasteiger partial charge on any atom is -0.497 e. The number of ether oxygens (including phenoxy) is 1. The molecule has 3 nitrogen and oxygen atoms in total. The second kappa shape index (κ2) is 7.01. The molecule has 1 atom stereocenters. The normalized spacial score (nSPS) is 12.2. The summed E-state index contributed by atoms with van der Waals surface area (Å²) in [6.07, 6.45) is 2.40. The van der Waals surface area contributed by atoms with Crippen LogP contribution in [0.3, 0.4) is 0 Å². The Morgan fingerprint density at radius 3 is 2.75 bits per heavy atom. The van der Waals surface area contributed by atoms with E-state index in [2.05, 4.69) is 10.3 Å². The third kappa shape index (κ3) is 3.54. The summed E-state index contributed by atoms with van der Waals surface area (Å²) in [6.45, 7) is 2.77. The Morgan fingerprint density at radius 2 is 2.15 bits per heavy atom. The molecule has 2 aromatic rings. The molecule has 20 heavy (non-hydrogen) atoms. The average Bonchev–Trinajstić information content (AvgIpc) is 2.48. The van der Waals surface area contributed by atoms with E-state index in [9.17, 15) is 4.39 Å². The number of pyridine rings is 1. The van der Waals surface area contributed by atoms with E-state index in [1.807, 2.05) is 25.1 Å². The van der Waals surface area contributed by atoms with Gasteiger partial charge < -0.3 is 10.1 Å². The molecule has 0 fully saturated rings. The number of hydrogen-bond donors (Lipinski definition) is 1. The third-order valence-electron chi connectivity index (χ3n) is 3.17. The maximum atomic E-state index is 14.2. The largest absolute Gasteiger partial charge is 0.497 e. The van der Waals surface area contributed by atoms with Crippen molar-refractivity contribution in [1.82, 2.24) is 10.3 Å². The summed E-state index contributed by atoms with van der Waals surface area (Å²) >= 11 is 0. The zero-order valence-corrected chi connectivity index (χ0v) is 11.8. The second-order valence-corrected chi connectivity index (χ2v) is 4.52. The van der Waals surface area contributed by atoms with E-state index in [0.717, 1.165) is 12.2 Å². The lowest BCUT2D eigenvalue weighted by atomic mass is 10.0. The van der Waals surface area contributed by atoms with Crippen LogP contribution in [0.5, 0.6) is 5.75 Å². The van der Waals surface area contributed by atoms with Gasteiger partial charge in [0.1, 0.15) is 11.6 Å². The molecule has 1 heterocycles. The first kappa shape index (κ1) is 14.5. The van der Waals surface area contributed by atoms with E-state index in [0.29, 0.717) is 17.7 Å². The molecule has 0 amide bonds. The Kier molecular flexibility index (Phi) is 5.07. The summed E-state index contributed by atoms with van der Waals surface area (Å²) in [5, 5.41) is 3.30. The monoisotopic (exact) mass is 274 g/mol. The molecular formula is C16H19FN2O. The van der Waals surface area contributed by atoms with Crippen LogP contribution in [0.15, 0.2) is 42.6 Å². The molecule has 0 aliphatic carbocycles. The molecule has 0 aliphatic rings. The van der Waals surface area contributed by atoms with Crippen molar-refractivity contribution in [2.24, 2.45) is 0 Å². The van der Waals surface area contributed by atoms with Crippen molar-refractivity contribution in [2.75, 3.05) is 13.7 Å². The summed E-state index contributed by atoms with van der Waals surface area (Å²) in [5.41, 5.74) is 1.58. The lowest BCUT2D eigenvalue weighted by molar-refractivity contribution is 0.409. The Balaban J connectivity index is 2.24. The first-order chi connectivity index (χ1) is 9.74. The molecule has 0 spiro atoms. The molecule has 1 N–H and O–H groups in total. The Labute approximate surface area is 118 Å². The standard InChI is InChI=1S/C16H19FN2O/c1-3-18-16(10-12-6-4-5-9-19-12)14-8-7-13(20-2)11-15(14)17/h4-9,11,16,18H,3,10H2,1-2H3. The van der Waals surface area contributed by atoms with Crippen molar-refractivity contribution >= 4 is 0 Å². The molecular weight excluding hydrogens is 255 g/mol. The van der Waals surface area contributed by atoms with E-state index >= 15 is 0 Å². The van der Waals surface area contributed by atoms with Crippen molar-refractivity contribution in [2.45, 2.75) is 19.4 Å². The van der Waals surface area contributed by atoms with Gasteiger partial charge in [0.25, 0.3) is 0 Å². The van der Waals surface area contributed by atoms with Crippen LogP contribution in [0.1, 0.15) is 24.2 Å². The van der Waals surface area contributed by atoms with Crippen LogP contribution >= 0.6 is 0 Å². The fourth-order valence-corrected chi connectivity index (χ4v) is 2.18. The van der Waals surface area contributed by atoms with Gasteiger partial charge in [-0.3, -0.25) is 4.98 Å². The summed E-state index contributed by atoms with van der Waals surface area (Å²) < 4.78 is 19.2. The lowest BCUT2D eigenvalue weighted by Gasteiger charge is -2.19. The van der Waals surface area contributed by atoms with Gasteiger partial charge >= 0.3 is 0 Å². The molecule has 1 aromatic carbocycles. The van der Waals surface area contributed by atoms with E-state index in [4.69, 9.17) is 4.74 Å². The highest BCUT2D eigenvalue weighted by molar-refractivity contribution is 5.31. The molecule has 106 valence electrons. The number of benzene rings is 1. The van der Waals surface area contributed by atoms with Crippen molar-refractivity contribution in [3.63, 3.8) is 0 Å². The molecule has 0 saturated carbocycles. The Hall–Kier alpha value is -1.94. The second-order valence-electron chi connectivity index (χ2n) is 4.52. The predicted molar refractivity (Wildman–Crippen MR) is 77.3 cm³/mol. The van der Waals surface area contributed by atoms with Gasteiger partial charge in [0.2, 0.25) is 0 Å². The maximum absolute atomic E-state index is 14.2. The van der Waals surface area contributed by atoms with Gasteiger partial charge in [0, 0.05) is 36.0 Å². The Morgan fingerprint density at radius 1 is 1.30 bits per heavy atom. The SMILES string of the molecule is CCNC(Cc1ccccn1)c1ccc(OC)cc1F. The molecule has 0 aliphatic heterocycles. The van der Waals surface area contributed by atoms with Crippen molar-refractivity contribution < 1.29 is 9.13 Å². The van der Waals surface area contributed by atoms with Gasteiger partial charge in [-0.05, 0) is 24.7 Å². The first-order valence-corrected chi connectivity index (χ1v) is 6.71. The summed E-state index contributed by atoms with van der Waals surface area (Å²) in [5.74, 6) is 0.269. The van der Waals surface area contributed by atoms with Gasteiger partial charge in [0.15, 0.2) is 0 Å². The first-order valence-electron chi connectivity index (χ1n) is 6.71. The summed E-state index contributed by atoms with van der Waals surface area (Å²) in [6, 6.07) is 10.6. The van der Waals surface area contributed by atoms with Crippen LogP contribution in [0.25, 0.3) is 0 Å². The predicted octanol–water partition coefficient (Wildman–Crippen LogP) is 3.12. The molecule has 0 radical (unpaired) electrons. The summed E-state index contributed by atoms with van der Waals surface area (Å²) in [4.78, 5) is 4.30. The van der Waals surface area contributed by atoms with Crippen LogP contribution in [0, 0.1) is 5.82 Å². The van der Waals surface area contributed by atoms with E-state index in [1.165, 1.54) is 13.2 Å². The van der Waals surface area contributed by atoms with E-state index in [-0.39, 0.29) is 11.9 Å². The number of halogens is 1. The molecule has 1 unspecified atom stereocenters. The highest BCUT2D eigenvalue weighted by Gasteiger charge is 2.16. The topological polar surface area (TPSA) is 34.2 Å². The highest BCUT2D eigenvalue weighted by atomic mass is 19.1. The van der Waals surface area contributed by atoms with Crippen LogP contribution in [0.2, 0.25) is 0 Å². The fraction of sp³-hybridized carbons (Fsp3) is 0.312. The van der Waals surface area contributed by atoms with Crippen LogP contribution in [-0.2, 0) is 6.42 Å². The summed E-state index contributed by atoms with van der Waals surface area (Å²) in [7, 11) is 1.53. The maximum Gasteiger partial charge on any atom is 0.131 e. The molecule has 0 bridgehead atoms. The third-order valence-corrected chi connectivity index (χ3v) is 3.17. The molecule has 1 aromatic heterocycles. The van der Waals surface area contributed by atoms with Gasteiger partial charge in [-0.2, -0.15) is 0 Å².